The van der Waals surface area contributed by atoms with Crippen LogP contribution < -0.4 is 20.1 Å². The minimum atomic E-state index is -0.737. The second-order valence-electron chi connectivity index (χ2n) is 11.5. The summed E-state index contributed by atoms with van der Waals surface area (Å²) in [6, 6.07) is 19.3. The number of nitrogens with two attached hydrogens (primary N) is 1. The fourth-order valence-electron chi connectivity index (χ4n) is 5.85. The van der Waals surface area contributed by atoms with E-state index in [0.717, 1.165) is 5.56 Å². The fraction of sp³-hybridized carbons (Fsp3) is 0.273. The Morgan fingerprint density at radius 1 is 1.14 bits per heavy atom. The molecule has 10 heteroatoms. The number of methoxy groups -OCH3 is 1. The van der Waals surface area contributed by atoms with Crippen LogP contribution in [0.15, 0.2) is 83.3 Å². The Morgan fingerprint density at radius 3 is 2.51 bits per heavy atom. The van der Waals surface area contributed by atoms with Crippen LogP contribution >= 0.6 is 11.6 Å². The first-order chi connectivity index (χ1) is 20.4. The van der Waals surface area contributed by atoms with Crippen molar-refractivity contribution in [2.24, 2.45) is 11.1 Å². The van der Waals surface area contributed by atoms with Gasteiger partial charge in [0.1, 0.15) is 23.9 Å². The van der Waals surface area contributed by atoms with Gasteiger partial charge in [0.25, 0.3) is 5.69 Å². The van der Waals surface area contributed by atoms with Gasteiger partial charge >= 0.3 is 0 Å². The number of anilines is 1. The summed E-state index contributed by atoms with van der Waals surface area (Å²) in [5.74, 6) is 0.505. The molecule has 9 nitrogen and oxygen atoms in total. The van der Waals surface area contributed by atoms with E-state index in [1.165, 1.54) is 12.1 Å². The first-order valence-corrected chi connectivity index (χ1v) is 14.1. The van der Waals surface area contributed by atoms with Crippen molar-refractivity contribution in [2.75, 3.05) is 12.0 Å². The number of benzene rings is 3. The molecule has 0 bridgehead atoms. The van der Waals surface area contributed by atoms with Crippen molar-refractivity contribution in [3.8, 4) is 17.6 Å². The molecule has 5 rings (SSSR count). The Labute approximate surface area is 254 Å². The first kappa shape index (κ1) is 29.7. The molecule has 0 saturated heterocycles. The van der Waals surface area contributed by atoms with Gasteiger partial charge in [0.05, 0.1) is 35.3 Å². The average molecular weight is 599 g/mol. The molecule has 0 fully saturated rings. The molecule has 1 heterocycles. The van der Waals surface area contributed by atoms with E-state index in [9.17, 15) is 20.2 Å². The lowest BCUT2D eigenvalue weighted by molar-refractivity contribution is -0.384. The van der Waals surface area contributed by atoms with Crippen LogP contribution in [0.4, 0.5) is 11.4 Å². The number of carbonyl (C=O) groups excluding carboxylic acids is 1. The zero-order chi connectivity index (χ0) is 31.1. The average Bonchev–Trinajstić information content (AvgIpc) is 2.96. The third kappa shape index (κ3) is 5.66. The molecule has 3 aromatic carbocycles. The summed E-state index contributed by atoms with van der Waals surface area (Å²) in [6.07, 6.45) is 0.764. The van der Waals surface area contributed by atoms with Gasteiger partial charge in [-0.1, -0.05) is 37.6 Å². The number of hydrogen-bond donors (Lipinski definition) is 1. The molecule has 1 aliphatic carbocycles. The molecule has 1 aliphatic heterocycles. The second-order valence-corrected chi connectivity index (χ2v) is 12.0. The molecular weight excluding hydrogens is 568 g/mol. The number of halogens is 1. The zero-order valence-corrected chi connectivity index (χ0v) is 25.1. The first-order valence-electron chi connectivity index (χ1n) is 13.7. The van der Waals surface area contributed by atoms with Crippen LogP contribution in [0, 0.1) is 33.8 Å². The van der Waals surface area contributed by atoms with E-state index in [2.05, 4.69) is 6.07 Å². The summed E-state index contributed by atoms with van der Waals surface area (Å²) >= 11 is 6.01. The highest BCUT2D eigenvalue weighted by Gasteiger charge is 2.45. The summed E-state index contributed by atoms with van der Waals surface area (Å²) in [7, 11) is 1.56. The quantitative estimate of drug-likeness (QED) is 0.225. The number of carbonyl (C=O) groups is 1. The highest BCUT2D eigenvalue weighted by atomic mass is 35.5. The van der Waals surface area contributed by atoms with Crippen molar-refractivity contribution in [1.29, 1.82) is 5.26 Å². The van der Waals surface area contributed by atoms with Gasteiger partial charge in [-0.25, -0.2) is 0 Å². The summed E-state index contributed by atoms with van der Waals surface area (Å²) in [5.41, 5.74) is 10.1. The number of nitro benzene ring substituents is 1. The molecule has 0 unspecified atom stereocenters. The minimum absolute atomic E-state index is 0.0978. The molecule has 0 spiro atoms. The molecule has 43 heavy (non-hydrogen) atoms. The van der Waals surface area contributed by atoms with E-state index in [4.69, 9.17) is 26.8 Å². The van der Waals surface area contributed by atoms with E-state index < -0.39 is 16.3 Å². The van der Waals surface area contributed by atoms with Gasteiger partial charge in [-0.05, 0) is 66.3 Å². The highest BCUT2D eigenvalue weighted by molar-refractivity contribution is 6.30. The zero-order valence-electron chi connectivity index (χ0n) is 24.3. The van der Waals surface area contributed by atoms with E-state index >= 15 is 0 Å². The topological polar surface area (TPSA) is 132 Å². The van der Waals surface area contributed by atoms with Crippen molar-refractivity contribution in [2.45, 2.75) is 46.1 Å². The van der Waals surface area contributed by atoms with Crippen LogP contribution in [0.1, 0.15) is 49.3 Å². The normalized spacial score (nSPS) is 17.8. The largest absolute Gasteiger partial charge is 0.496 e. The number of ketones is 1. The van der Waals surface area contributed by atoms with Crippen LogP contribution in [-0.4, -0.2) is 17.8 Å². The highest BCUT2D eigenvalue weighted by Crippen LogP contribution is 2.51. The summed E-state index contributed by atoms with van der Waals surface area (Å²) in [4.78, 5) is 26.8. The maximum absolute atomic E-state index is 14.0. The lowest BCUT2D eigenvalue weighted by atomic mass is 9.68. The van der Waals surface area contributed by atoms with Crippen LogP contribution in [0.5, 0.6) is 11.5 Å². The van der Waals surface area contributed by atoms with Gasteiger partial charge in [0, 0.05) is 40.4 Å². The number of ether oxygens (including phenoxy) is 2. The van der Waals surface area contributed by atoms with E-state index in [1.807, 2.05) is 32.9 Å². The third-order valence-electron chi connectivity index (χ3n) is 7.87. The lowest BCUT2D eigenvalue weighted by Gasteiger charge is -2.44. The predicted octanol–water partition coefficient (Wildman–Crippen LogP) is 7.09. The molecule has 0 amide bonds. The second kappa shape index (κ2) is 11.5. The lowest BCUT2D eigenvalue weighted by Crippen LogP contribution is -2.42. The van der Waals surface area contributed by atoms with Gasteiger partial charge < -0.3 is 15.2 Å². The van der Waals surface area contributed by atoms with Gasteiger partial charge in [0.15, 0.2) is 5.78 Å². The number of aryl methyl sites for hydroxylation is 1. The molecule has 3 aromatic rings. The monoisotopic (exact) mass is 598 g/mol. The predicted molar refractivity (Wildman–Crippen MR) is 164 cm³/mol. The molecule has 1 atom stereocenters. The summed E-state index contributed by atoms with van der Waals surface area (Å²) in [6.45, 7) is 5.98. The Balaban J connectivity index is 1.67. The molecule has 0 aromatic heterocycles. The maximum Gasteiger partial charge on any atom is 0.271 e. The Morgan fingerprint density at radius 2 is 1.86 bits per heavy atom. The van der Waals surface area contributed by atoms with Crippen molar-refractivity contribution in [1.82, 2.24) is 0 Å². The number of hydrogen-bond acceptors (Lipinski definition) is 8. The Kier molecular flexibility index (Phi) is 7.91. The molecular formula is C33H31ClN4O5. The minimum Gasteiger partial charge on any atom is -0.496 e. The number of Topliss-reactive ketones (excluding diaryl/α,β-unsaturated/α-hetero) is 1. The van der Waals surface area contributed by atoms with Gasteiger partial charge in [-0.2, -0.15) is 5.26 Å². The standard InChI is InChI=1S/C33H31ClN4O5/c1-19-5-9-23(38(40)41)14-26(19)37-27-15-33(2,3)16-28(39)31(27)30(25(17-35)32(37)36)20-6-12-29(42-4)21(13-20)18-43-24-10-7-22(34)8-11-24/h5-14,30H,15-16,18,36H2,1-4H3/t30-/m0/s1. The Hall–Kier alpha value is -4.81. The number of nitriles is 1. The molecule has 0 radical (unpaired) electrons. The van der Waals surface area contributed by atoms with Gasteiger partial charge in [-0.15, -0.1) is 0 Å². The SMILES string of the molecule is COc1ccc([C@H]2C(C#N)=C(N)N(c3cc([N+](=O)[O-])ccc3C)C3=C2C(=O)CC(C)(C)C3)cc1COc1ccc(Cl)cc1. The number of non-ortho nitro benzene ring substituents is 1. The van der Waals surface area contributed by atoms with Crippen molar-refractivity contribution >= 4 is 28.8 Å². The van der Waals surface area contributed by atoms with Crippen molar-refractivity contribution in [3.05, 3.63) is 115 Å². The smallest absolute Gasteiger partial charge is 0.271 e. The van der Waals surface area contributed by atoms with Gasteiger partial charge in [0.2, 0.25) is 0 Å². The number of nitrogens with zero attached hydrogens (tertiary/aromatic N) is 3. The van der Waals surface area contributed by atoms with Crippen LogP contribution in [0.2, 0.25) is 5.02 Å². The summed E-state index contributed by atoms with van der Waals surface area (Å²) in [5, 5.41) is 22.7. The Bertz CT molecular complexity index is 1740. The third-order valence-corrected chi connectivity index (χ3v) is 8.12. The van der Waals surface area contributed by atoms with E-state index in [0.29, 0.717) is 51.0 Å². The van der Waals surface area contributed by atoms with Crippen LogP contribution in [0.3, 0.4) is 0 Å². The van der Waals surface area contributed by atoms with Crippen LogP contribution in [0.25, 0.3) is 0 Å². The number of nitro groups is 1. The van der Waals surface area contributed by atoms with Gasteiger partial charge in [-0.3, -0.25) is 19.8 Å². The molecule has 2 N–H and O–H groups in total. The van der Waals surface area contributed by atoms with E-state index in [1.54, 1.807) is 48.4 Å². The number of allylic oxidation sites excluding steroid dienone is 3. The molecule has 2 aliphatic rings. The van der Waals surface area contributed by atoms with Crippen molar-refractivity contribution in [3.63, 3.8) is 0 Å². The molecule has 220 valence electrons. The summed E-state index contributed by atoms with van der Waals surface area (Å²) < 4.78 is 11.6. The molecule has 0 saturated carbocycles. The van der Waals surface area contributed by atoms with Crippen LogP contribution in [-0.2, 0) is 11.4 Å². The number of rotatable bonds is 7. The van der Waals surface area contributed by atoms with Crippen molar-refractivity contribution < 1.29 is 19.2 Å². The fourth-order valence-corrected chi connectivity index (χ4v) is 5.98. The van der Waals surface area contributed by atoms with E-state index in [-0.39, 0.29) is 35.9 Å². The maximum atomic E-state index is 14.0.